The lowest BCUT2D eigenvalue weighted by Crippen LogP contribution is -2.26. The van der Waals surface area contributed by atoms with Gasteiger partial charge in [0, 0.05) is 24.8 Å². The van der Waals surface area contributed by atoms with Crippen LogP contribution in [0.25, 0.3) is 0 Å². The summed E-state index contributed by atoms with van der Waals surface area (Å²) in [6.45, 7) is 2.74. The quantitative estimate of drug-likeness (QED) is 0.919. The van der Waals surface area contributed by atoms with E-state index in [1.807, 2.05) is 0 Å². The van der Waals surface area contributed by atoms with Crippen molar-refractivity contribution in [2.75, 3.05) is 13.2 Å². The number of nitrogens with two attached hydrogens (primary N) is 1. The molecule has 7 heteroatoms. The summed E-state index contributed by atoms with van der Waals surface area (Å²) < 4.78 is 44.1. The minimum Gasteiger partial charge on any atom is -0.381 e. The number of hydrogen-bond donors (Lipinski definition) is 1. The van der Waals surface area contributed by atoms with Gasteiger partial charge >= 0.3 is 6.18 Å². The molecule has 0 radical (unpaired) electrons. The van der Waals surface area contributed by atoms with Gasteiger partial charge in [-0.15, -0.1) is 0 Å². The van der Waals surface area contributed by atoms with Gasteiger partial charge in [-0.1, -0.05) is 0 Å². The molecule has 3 atom stereocenters. The van der Waals surface area contributed by atoms with E-state index < -0.39 is 18.6 Å². The first-order valence-electron chi connectivity index (χ1n) is 6.30. The van der Waals surface area contributed by atoms with Gasteiger partial charge in [0.2, 0.25) is 0 Å². The minimum absolute atomic E-state index is 0.147. The van der Waals surface area contributed by atoms with Crippen LogP contribution in [0.1, 0.15) is 37.5 Å². The molecule has 0 aliphatic carbocycles. The molecule has 1 aliphatic rings. The molecule has 0 aromatic carbocycles. The van der Waals surface area contributed by atoms with Gasteiger partial charge in [-0.25, -0.2) is 4.98 Å². The fourth-order valence-corrected chi connectivity index (χ4v) is 2.45. The summed E-state index contributed by atoms with van der Waals surface area (Å²) >= 11 is 0. The van der Waals surface area contributed by atoms with Crippen LogP contribution in [0.15, 0.2) is 12.5 Å². The monoisotopic (exact) mass is 277 g/mol. The summed E-state index contributed by atoms with van der Waals surface area (Å²) in [6.07, 6.45) is -1.27. The Hall–Kier alpha value is -1.08. The van der Waals surface area contributed by atoms with Crippen LogP contribution >= 0.6 is 0 Å². The lowest BCUT2D eigenvalue weighted by atomic mass is 9.97. The highest BCUT2D eigenvalue weighted by Crippen LogP contribution is 2.32. The van der Waals surface area contributed by atoms with Crippen molar-refractivity contribution in [2.45, 2.75) is 38.0 Å². The maximum atomic E-state index is 12.4. The summed E-state index contributed by atoms with van der Waals surface area (Å²) in [5.41, 5.74) is 6.77. The number of aromatic nitrogens is 2. The molecule has 2 N–H and O–H groups in total. The number of nitrogens with zero attached hydrogens (tertiary/aromatic N) is 2. The molecule has 4 nitrogen and oxygen atoms in total. The number of rotatable bonds is 4. The molecule has 19 heavy (non-hydrogen) atoms. The molecule has 0 spiro atoms. The zero-order valence-corrected chi connectivity index (χ0v) is 10.7. The molecule has 1 fully saturated rings. The molecular formula is C12H18F3N3O. The number of imidazole rings is 1. The number of hydrogen-bond acceptors (Lipinski definition) is 3. The number of halogens is 3. The van der Waals surface area contributed by atoms with Crippen LogP contribution in [-0.4, -0.2) is 28.9 Å². The molecule has 1 saturated heterocycles. The second kappa shape index (κ2) is 5.50. The fraction of sp³-hybridized carbons (Fsp3) is 0.750. The minimum atomic E-state index is -4.19. The Morgan fingerprint density at radius 1 is 1.58 bits per heavy atom. The van der Waals surface area contributed by atoms with Crippen molar-refractivity contribution in [2.24, 2.45) is 11.7 Å². The molecule has 1 aromatic heterocycles. The van der Waals surface area contributed by atoms with E-state index in [9.17, 15) is 13.2 Å². The third kappa shape index (κ3) is 3.48. The fourth-order valence-electron chi connectivity index (χ4n) is 2.45. The molecule has 2 heterocycles. The maximum absolute atomic E-state index is 12.4. The highest BCUT2D eigenvalue weighted by Gasteiger charge is 2.33. The molecular weight excluding hydrogens is 259 g/mol. The molecule has 0 bridgehead atoms. The number of ether oxygens (including phenoxy) is 1. The average Bonchev–Trinajstić information content (AvgIpc) is 2.97. The van der Waals surface area contributed by atoms with Crippen LogP contribution in [-0.2, 0) is 4.74 Å². The first-order valence-corrected chi connectivity index (χ1v) is 6.30. The van der Waals surface area contributed by atoms with Crippen LogP contribution in [0.4, 0.5) is 13.2 Å². The number of alkyl halides is 3. The molecule has 108 valence electrons. The average molecular weight is 277 g/mol. The lowest BCUT2D eigenvalue weighted by molar-refractivity contribution is -0.141. The molecule has 1 aromatic rings. The summed E-state index contributed by atoms with van der Waals surface area (Å²) in [5, 5.41) is 0. The second-order valence-electron chi connectivity index (χ2n) is 5.04. The van der Waals surface area contributed by atoms with Crippen molar-refractivity contribution in [3.63, 3.8) is 0 Å². The topological polar surface area (TPSA) is 53.1 Å². The maximum Gasteiger partial charge on any atom is 0.391 e. The predicted molar refractivity (Wildman–Crippen MR) is 63.5 cm³/mol. The van der Waals surface area contributed by atoms with Crippen LogP contribution in [0.5, 0.6) is 0 Å². The van der Waals surface area contributed by atoms with E-state index in [1.54, 1.807) is 6.20 Å². The van der Waals surface area contributed by atoms with Gasteiger partial charge in [-0.05, 0) is 13.3 Å². The SMILES string of the molecule is CC(CC(F)(F)F)n1cncc1C(N)C1CCOC1. The van der Waals surface area contributed by atoms with E-state index in [4.69, 9.17) is 10.5 Å². The van der Waals surface area contributed by atoms with E-state index in [2.05, 4.69) is 4.98 Å². The first kappa shape index (κ1) is 14.3. The van der Waals surface area contributed by atoms with Crippen LogP contribution in [0.3, 0.4) is 0 Å². The molecule has 3 unspecified atom stereocenters. The highest BCUT2D eigenvalue weighted by atomic mass is 19.4. The Morgan fingerprint density at radius 3 is 2.89 bits per heavy atom. The van der Waals surface area contributed by atoms with Gasteiger partial charge in [0.05, 0.1) is 31.1 Å². The van der Waals surface area contributed by atoms with Crippen LogP contribution < -0.4 is 5.73 Å². The van der Waals surface area contributed by atoms with Crippen molar-refractivity contribution in [1.29, 1.82) is 0 Å². The zero-order valence-electron chi connectivity index (χ0n) is 10.7. The van der Waals surface area contributed by atoms with Crippen molar-refractivity contribution in [3.05, 3.63) is 18.2 Å². The van der Waals surface area contributed by atoms with Crippen molar-refractivity contribution in [3.8, 4) is 0 Å². The van der Waals surface area contributed by atoms with Gasteiger partial charge in [0.15, 0.2) is 0 Å². The third-order valence-electron chi connectivity index (χ3n) is 3.51. The molecule has 0 saturated carbocycles. The molecule has 1 aliphatic heterocycles. The Balaban J connectivity index is 2.12. The Kier molecular flexibility index (Phi) is 4.15. The molecule has 0 amide bonds. The Bertz CT molecular complexity index is 413. The lowest BCUT2D eigenvalue weighted by Gasteiger charge is -2.23. The van der Waals surface area contributed by atoms with Crippen LogP contribution in [0, 0.1) is 5.92 Å². The van der Waals surface area contributed by atoms with Crippen molar-refractivity contribution in [1.82, 2.24) is 9.55 Å². The van der Waals surface area contributed by atoms with E-state index in [0.29, 0.717) is 18.9 Å². The van der Waals surface area contributed by atoms with Gasteiger partial charge in [0.1, 0.15) is 0 Å². The summed E-state index contributed by atoms with van der Waals surface area (Å²) in [6, 6.07) is -1.04. The highest BCUT2D eigenvalue weighted by molar-refractivity contribution is 5.08. The van der Waals surface area contributed by atoms with Gasteiger partial charge in [0.25, 0.3) is 0 Å². The largest absolute Gasteiger partial charge is 0.391 e. The Morgan fingerprint density at radius 2 is 2.32 bits per heavy atom. The standard InChI is InChI=1S/C12H18F3N3O/c1-8(4-12(13,14)15)18-7-17-5-10(18)11(16)9-2-3-19-6-9/h5,7-9,11H,2-4,6,16H2,1H3. The van der Waals surface area contributed by atoms with E-state index in [-0.39, 0.29) is 12.0 Å². The van der Waals surface area contributed by atoms with Crippen molar-refractivity contribution < 1.29 is 17.9 Å². The summed E-state index contributed by atoms with van der Waals surface area (Å²) in [5.74, 6) is 0.147. The third-order valence-corrected chi connectivity index (χ3v) is 3.51. The van der Waals surface area contributed by atoms with E-state index in [1.165, 1.54) is 17.8 Å². The molecule has 2 rings (SSSR count). The predicted octanol–water partition coefficient (Wildman–Crippen LogP) is 2.43. The Labute approximate surface area is 109 Å². The summed E-state index contributed by atoms with van der Waals surface area (Å²) in [7, 11) is 0. The van der Waals surface area contributed by atoms with Gasteiger partial charge < -0.3 is 15.0 Å². The smallest absolute Gasteiger partial charge is 0.381 e. The van der Waals surface area contributed by atoms with E-state index >= 15 is 0 Å². The normalized spacial score (nSPS) is 23.5. The zero-order chi connectivity index (χ0) is 14.0. The second-order valence-corrected chi connectivity index (χ2v) is 5.04. The van der Waals surface area contributed by atoms with Crippen molar-refractivity contribution >= 4 is 0 Å². The van der Waals surface area contributed by atoms with Gasteiger partial charge in [-0.2, -0.15) is 13.2 Å². The van der Waals surface area contributed by atoms with E-state index in [0.717, 1.165) is 6.42 Å². The summed E-state index contributed by atoms with van der Waals surface area (Å²) in [4.78, 5) is 3.94. The van der Waals surface area contributed by atoms with Gasteiger partial charge in [-0.3, -0.25) is 0 Å². The van der Waals surface area contributed by atoms with Crippen LogP contribution in [0.2, 0.25) is 0 Å². The first-order chi connectivity index (χ1) is 8.88.